The highest BCUT2D eigenvalue weighted by molar-refractivity contribution is 5.77. The number of hydrogen-bond acceptors (Lipinski definition) is 4. The molecule has 1 saturated carbocycles. The molecular formula is C15H23F3O4. The second-order valence-corrected chi connectivity index (χ2v) is 6.47. The van der Waals surface area contributed by atoms with Gasteiger partial charge in [-0.1, -0.05) is 6.92 Å². The monoisotopic (exact) mass is 324 g/mol. The van der Waals surface area contributed by atoms with Crippen LogP contribution in [0, 0.1) is 5.41 Å². The molecule has 0 aromatic carbocycles. The molecule has 22 heavy (non-hydrogen) atoms. The van der Waals surface area contributed by atoms with Gasteiger partial charge in [-0.05, 0) is 46.0 Å². The fourth-order valence-corrected chi connectivity index (χ4v) is 2.29. The lowest BCUT2D eigenvalue weighted by molar-refractivity contribution is -0.192. The summed E-state index contributed by atoms with van der Waals surface area (Å²) >= 11 is 0. The van der Waals surface area contributed by atoms with Crippen molar-refractivity contribution in [3.05, 3.63) is 0 Å². The van der Waals surface area contributed by atoms with Crippen LogP contribution in [0.25, 0.3) is 0 Å². The molecule has 7 heteroatoms. The van der Waals surface area contributed by atoms with Crippen molar-refractivity contribution in [2.75, 3.05) is 6.61 Å². The van der Waals surface area contributed by atoms with Crippen molar-refractivity contribution < 1.29 is 32.2 Å². The topological polar surface area (TPSA) is 52.6 Å². The zero-order valence-corrected chi connectivity index (χ0v) is 13.2. The lowest BCUT2D eigenvalue weighted by Crippen LogP contribution is -2.40. The Balaban J connectivity index is 2.68. The molecule has 0 atom stereocenters. The van der Waals surface area contributed by atoms with Crippen LogP contribution < -0.4 is 0 Å². The molecule has 0 aromatic rings. The van der Waals surface area contributed by atoms with Crippen LogP contribution >= 0.6 is 0 Å². The van der Waals surface area contributed by atoms with Crippen LogP contribution in [0.4, 0.5) is 13.2 Å². The Labute approximate surface area is 128 Å². The molecule has 0 radical (unpaired) electrons. The average Bonchev–Trinajstić information content (AvgIpc) is 2.83. The zero-order chi connectivity index (χ0) is 17.0. The van der Waals surface area contributed by atoms with Crippen molar-refractivity contribution in [3.8, 4) is 0 Å². The standard InChI is InChI=1S/C15H23F3O4/c1-4-13(2,3)12(20)22-14(7-5-6-8-14)9-11(19)21-10-15(16,17)18/h4-10H2,1-3H3. The van der Waals surface area contributed by atoms with Gasteiger partial charge in [0.15, 0.2) is 6.61 Å². The van der Waals surface area contributed by atoms with Crippen LogP contribution in [0.15, 0.2) is 0 Å². The Morgan fingerprint density at radius 3 is 2.14 bits per heavy atom. The van der Waals surface area contributed by atoms with Crippen LogP contribution in [-0.4, -0.2) is 30.3 Å². The predicted octanol–water partition coefficient (Wildman–Crippen LogP) is 3.77. The highest BCUT2D eigenvalue weighted by Gasteiger charge is 2.43. The van der Waals surface area contributed by atoms with Crippen molar-refractivity contribution in [1.29, 1.82) is 0 Å². The third kappa shape index (κ3) is 5.50. The molecule has 1 aliphatic carbocycles. The van der Waals surface area contributed by atoms with E-state index < -0.39 is 35.7 Å². The Morgan fingerprint density at radius 1 is 1.14 bits per heavy atom. The lowest BCUT2D eigenvalue weighted by atomic mass is 9.89. The van der Waals surface area contributed by atoms with E-state index in [2.05, 4.69) is 4.74 Å². The first-order chi connectivity index (χ1) is 10.00. The Bertz CT molecular complexity index is 410. The largest absolute Gasteiger partial charge is 0.458 e. The van der Waals surface area contributed by atoms with Crippen LogP contribution in [0.5, 0.6) is 0 Å². The van der Waals surface area contributed by atoms with Gasteiger partial charge in [-0.15, -0.1) is 0 Å². The number of esters is 2. The molecule has 1 aliphatic rings. The van der Waals surface area contributed by atoms with E-state index in [0.29, 0.717) is 19.3 Å². The molecule has 0 heterocycles. The van der Waals surface area contributed by atoms with E-state index in [0.717, 1.165) is 12.8 Å². The Kier molecular flexibility index (Phi) is 5.87. The minimum Gasteiger partial charge on any atom is -0.458 e. The molecule has 0 aliphatic heterocycles. The molecule has 0 bridgehead atoms. The van der Waals surface area contributed by atoms with Gasteiger partial charge in [0.1, 0.15) is 5.60 Å². The fourth-order valence-electron chi connectivity index (χ4n) is 2.29. The van der Waals surface area contributed by atoms with Gasteiger partial charge in [-0.2, -0.15) is 13.2 Å². The van der Waals surface area contributed by atoms with E-state index in [4.69, 9.17) is 4.74 Å². The minimum atomic E-state index is -4.56. The van der Waals surface area contributed by atoms with Gasteiger partial charge in [-0.25, -0.2) is 0 Å². The van der Waals surface area contributed by atoms with Gasteiger partial charge < -0.3 is 9.47 Å². The van der Waals surface area contributed by atoms with Gasteiger partial charge in [0.2, 0.25) is 0 Å². The van der Waals surface area contributed by atoms with Gasteiger partial charge in [0, 0.05) is 0 Å². The first kappa shape index (κ1) is 18.8. The minimum absolute atomic E-state index is 0.325. The SMILES string of the molecule is CCC(C)(C)C(=O)OC1(CC(=O)OCC(F)(F)F)CCCC1. The average molecular weight is 324 g/mol. The highest BCUT2D eigenvalue weighted by atomic mass is 19.4. The number of rotatable bonds is 6. The molecule has 0 amide bonds. The summed E-state index contributed by atoms with van der Waals surface area (Å²) in [7, 11) is 0. The molecule has 0 aromatic heterocycles. The summed E-state index contributed by atoms with van der Waals surface area (Å²) in [6, 6.07) is 0. The molecule has 1 rings (SSSR count). The maximum atomic E-state index is 12.2. The van der Waals surface area contributed by atoms with Gasteiger partial charge >= 0.3 is 18.1 Å². The first-order valence-corrected chi connectivity index (χ1v) is 7.45. The van der Waals surface area contributed by atoms with Gasteiger partial charge in [-0.3, -0.25) is 9.59 Å². The van der Waals surface area contributed by atoms with Crippen LogP contribution in [-0.2, 0) is 19.1 Å². The number of carbonyl (C=O) groups excluding carboxylic acids is 2. The Morgan fingerprint density at radius 2 is 1.68 bits per heavy atom. The molecule has 1 fully saturated rings. The van der Waals surface area contributed by atoms with E-state index in [1.165, 1.54) is 0 Å². The van der Waals surface area contributed by atoms with E-state index in [1.54, 1.807) is 13.8 Å². The quantitative estimate of drug-likeness (QED) is 0.698. The molecule has 128 valence electrons. The van der Waals surface area contributed by atoms with E-state index >= 15 is 0 Å². The number of carbonyl (C=O) groups is 2. The third-order valence-electron chi connectivity index (χ3n) is 4.12. The summed E-state index contributed by atoms with van der Waals surface area (Å²) in [5.41, 5.74) is -1.71. The number of halogens is 3. The normalized spacial score (nSPS) is 18.1. The molecule has 0 N–H and O–H groups in total. The van der Waals surface area contributed by atoms with E-state index in [-0.39, 0.29) is 6.42 Å². The summed E-state index contributed by atoms with van der Waals surface area (Å²) in [6.45, 7) is 3.70. The van der Waals surface area contributed by atoms with Crippen molar-refractivity contribution in [2.24, 2.45) is 5.41 Å². The van der Waals surface area contributed by atoms with Gasteiger partial charge in [0.25, 0.3) is 0 Å². The number of alkyl halides is 3. The summed E-state index contributed by atoms with van der Waals surface area (Å²) in [5.74, 6) is -1.41. The van der Waals surface area contributed by atoms with Crippen molar-refractivity contribution >= 4 is 11.9 Å². The Hall–Kier alpha value is -1.27. The van der Waals surface area contributed by atoms with E-state index in [1.807, 2.05) is 6.92 Å². The fraction of sp³-hybridized carbons (Fsp3) is 0.867. The highest BCUT2D eigenvalue weighted by Crippen LogP contribution is 2.39. The second-order valence-electron chi connectivity index (χ2n) is 6.47. The van der Waals surface area contributed by atoms with Crippen molar-refractivity contribution in [1.82, 2.24) is 0 Å². The number of ether oxygens (including phenoxy) is 2. The molecule has 4 nitrogen and oxygen atoms in total. The summed E-state index contributed by atoms with van der Waals surface area (Å²) in [4.78, 5) is 23.8. The van der Waals surface area contributed by atoms with Crippen molar-refractivity contribution in [3.63, 3.8) is 0 Å². The predicted molar refractivity (Wildman–Crippen MR) is 73.0 cm³/mol. The maximum Gasteiger partial charge on any atom is 0.422 e. The summed E-state index contributed by atoms with van der Waals surface area (Å²) in [5, 5.41) is 0. The zero-order valence-electron chi connectivity index (χ0n) is 13.2. The smallest absolute Gasteiger partial charge is 0.422 e. The van der Waals surface area contributed by atoms with Crippen LogP contribution in [0.2, 0.25) is 0 Å². The second kappa shape index (κ2) is 6.87. The number of hydrogen-bond donors (Lipinski definition) is 0. The third-order valence-corrected chi connectivity index (χ3v) is 4.12. The lowest BCUT2D eigenvalue weighted by Gasteiger charge is -2.32. The molecule has 0 spiro atoms. The summed E-state index contributed by atoms with van der Waals surface area (Å²) < 4.78 is 46.0. The van der Waals surface area contributed by atoms with Crippen LogP contribution in [0.1, 0.15) is 59.3 Å². The first-order valence-electron chi connectivity index (χ1n) is 7.45. The van der Waals surface area contributed by atoms with Crippen LogP contribution in [0.3, 0.4) is 0 Å². The van der Waals surface area contributed by atoms with E-state index in [9.17, 15) is 22.8 Å². The summed E-state index contributed by atoms with van der Waals surface area (Å²) in [6.07, 6.45) is -1.83. The molecular weight excluding hydrogens is 301 g/mol. The molecule has 0 saturated heterocycles. The maximum absolute atomic E-state index is 12.2. The molecule has 0 unspecified atom stereocenters. The van der Waals surface area contributed by atoms with Crippen molar-refractivity contribution in [2.45, 2.75) is 71.1 Å². The van der Waals surface area contributed by atoms with Gasteiger partial charge in [0.05, 0.1) is 11.8 Å².